The lowest BCUT2D eigenvalue weighted by molar-refractivity contribution is 0.415. The molecule has 2 aromatic carbocycles. The summed E-state index contributed by atoms with van der Waals surface area (Å²) in [6.07, 6.45) is 3.74. The highest BCUT2D eigenvalue weighted by Gasteiger charge is 2.19. The van der Waals surface area contributed by atoms with E-state index in [4.69, 9.17) is 4.74 Å². The molecule has 3 aromatic heterocycles. The average Bonchev–Trinajstić information content (AvgIpc) is 3.37. The molecular formula is C23H19N5O2. The van der Waals surface area contributed by atoms with Crippen LogP contribution < -0.4 is 10.3 Å². The first-order valence-corrected chi connectivity index (χ1v) is 9.48. The van der Waals surface area contributed by atoms with Crippen molar-refractivity contribution >= 4 is 10.9 Å². The number of rotatable bonds is 4. The first-order valence-electron chi connectivity index (χ1n) is 9.48. The summed E-state index contributed by atoms with van der Waals surface area (Å²) in [5.41, 5.74) is 5.31. The minimum absolute atomic E-state index is 0.265. The fraction of sp³-hybridized carbons (Fsp3) is 0.0870. The Bertz CT molecular complexity index is 1430. The Balaban J connectivity index is 1.76. The number of fused-ring (bicyclic) bond motifs is 1. The van der Waals surface area contributed by atoms with Crippen molar-refractivity contribution in [2.45, 2.75) is 0 Å². The monoisotopic (exact) mass is 397 g/mol. The lowest BCUT2D eigenvalue weighted by atomic mass is 10.0. The van der Waals surface area contributed by atoms with E-state index >= 15 is 0 Å². The maximum atomic E-state index is 12.8. The predicted octanol–water partition coefficient (Wildman–Crippen LogP) is 3.99. The van der Waals surface area contributed by atoms with Crippen LogP contribution in [0.1, 0.15) is 0 Å². The van der Waals surface area contributed by atoms with Gasteiger partial charge in [0.2, 0.25) is 0 Å². The Kier molecular flexibility index (Phi) is 4.21. The zero-order chi connectivity index (χ0) is 20.7. The Labute approximate surface area is 172 Å². The third-order valence-corrected chi connectivity index (χ3v) is 5.14. The quantitative estimate of drug-likeness (QED) is 0.480. The maximum absolute atomic E-state index is 12.8. The highest BCUT2D eigenvalue weighted by molar-refractivity contribution is 6.03. The fourth-order valence-electron chi connectivity index (χ4n) is 3.72. The number of aryl methyl sites for hydroxylation is 1. The van der Waals surface area contributed by atoms with Gasteiger partial charge in [0, 0.05) is 40.8 Å². The average molecular weight is 397 g/mol. The molecular weight excluding hydrogens is 378 g/mol. The smallest absolute Gasteiger partial charge is 0.273 e. The van der Waals surface area contributed by atoms with E-state index in [2.05, 4.69) is 20.3 Å². The SMILES string of the molecule is COc1cccc(-c2cc(-c3[nH]c4ccccc4c3-c3cnn(C)c3)c(=O)[nH]n2)c1. The van der Waals surface area contributed by atoms with Gasteiger partial charge in [0.15, 0.2) is 0 Å². The van der Waals surface area contributed by atoms with Crippen molar-refractivity contribution in [3.8, 4) is 39.4 Å². The van der Waals surface area contributed by atoms with Gasteiger partial charge in [-0.3, -0.25) is 9.48 Å². The van der Waals surface area contributed by atoms with Gasteiger partial charge in [-0.25, -0.2) is 5.10 Å². The van der Waals surface area contributed by atoms with Gasteiger partial charge in [0.25, 0.3) is 5.56 Å². The van der Waals surface area contributed by atoms with Crippen molar-refractivity contribution in [3.05, 3.63) is 77.3 Å². The van der Waals surface area contributed by atoms with Gasteiger partial charge in [-0.05, 0) is 24.3 Å². The largest absolute Gasteiger partial charge is 0.497 e. The summed E-state index contributed by atoms with van der Waals surface area (Å²) in [6, 6.07) is 17.4. The highest BCUT2D eigenvalue weighted by atomic mass is 16.5. The molecule has 7 nitrogen and oxygen atoms in total. The van der Waals surface area contributed by atoms with Crippen molar-refractivity contribution in [2.24, 2.45) is 7.05 Å². The van der Waals surface area contributed by atoms with E-state index in [9.17, 15) is 4.79 Å². The molecule has 0 unspecified atom stereocenters. The van der Waals surface area contributed by atoms with Gasteiger partial charge in [-0.2, -0.15) is 10.2 Å². The number of methoxy groups -OCH3 is 1. The zero-order valence-electron chi connectivity index (χ0n) is 16.5. The lowest BCUT2D eigenvalue weighted by Crippen LogP contribution is -2.12. The zero-order valence-corrected chi connectivity index (χ0v) is 16.5. The number of hydrogen-bond donors (Lipinski definition) is 2. The Hall–Kier alpha value is -4.13. The first kappa shape index (κ1) is 17.9. The maximum Gasteiger partial charge on any atom is 0.273 e. The van der Waals surface area contributed by atoms with E-state index in [0.717, 1.165) is 39.0 Å². The van der Waals surface area contributed by atoms with Crippen LogP contribution >= 0.6 is 0 Å². The van der Waals surface area contributed by atoms with Gasteiger partial charge in [0.05, 0.1) is 30.3 Å². The van der Waals surface area contributed by atoms with Crippen LogP contribution in [0.2, 0.25) is 0 Å². The van der Waals surface area contributed by atoms with Crippen LogP contribution in [0.15, 0.2) is 71.8 Å². The summed E-state index contributed by atoms with van der Waals surface area (Å²) in [4.78, 5) is 16.2. The number of aromatic amines is 2. The fourth-order valence-corrected chi connectivity index (χ4v) is 3.72. The molecule has 0 radical (unpaired) electrons. The van der Waals surface area contributed by atoms with Gasteiger partial charge >= 0.3 is 0 Å². The third kappa shape index (κ3) is 2.97. The molecule has 0 saturated heterocycles. The molecule has 0 bridgehead atoms. The summed E-state index contributed by atoms with van der Waals surface area (Å²) in [5.74, 6) is 0.726. The minimum Gasteiger partial charge on any atom is -0.497 e. The molecule has 0 aliphatic rings. The molecule has 0 aliphatic heterocycles. The molecule has 0 atom stereocenters. The molecule has 30 heavy (non-hydrogen) atoms. The van der Waals surface area contributed by atoms with Crippen molar-refractivity contribution in [1.82, 2.24) is 25.0 Å². The van der Waals surface area contributed by atoms with E-state index in [1.54, 1.807) is 24.1 Å². The standard InChI is InChI=1S/C23H19N5O2/c1-28-13-15(12-24-28)21-17-8-3-4-9-19(17)25-22(21)18-11-20(26-27-23(18)29)14-6-5-7-16(10-14)30-2/h3-13,25H,1-2H3,(H,27,29). The lowest BCUT2D eigenvalue weighted by Gasteiger charge is -2.07. The molecule has 3 heterocycles. The molecule has 148 valence electrons. The molecule has 2 N–H and O–H groups in total. The Morgan fingerprint density at radius 2 is 1.90 bits per heavy atom. The highest BCUT2D eigenvalue weighted by Crippen LogP contribution is 2.37. The Morgan fingerprint density at radius 3 is 2.70 bits per heavy atom. The summed E-state index contributed by atoms with van der Waals surface area (Å²) in [7, 11) is 3.49. The van der Waals surface area contributed by atoms with Gasteiger partial charge in [0.1, 0.15) is 5.75 Å². The number of nitrogens with one attached hydrogen (secondary N) is 2. The number of nitrogens with zero attached hydrogens (tertiary/aromatic N) is 3. The van der Waals surface area contributed by atoms with Gasteiger partial charge in [-0.15, -0.1) is 0 Å². The van der Waals surface area contributed by atoms with E-state index in [-0.39, 0.29) is 5.56 Å². The third-order valence-electron chi connectivity index (χ3n) is 5.14. The number of para-hydroxylation sites is 1. The van der Waals surface area contributed by atoms with Crippen LogP contribution in [0, 0.1) is 0 Å². The summed E-state index contributed by atoms with van der Waals surface area (Å²) in [5, 5.41) is 12.2. The molecule has 5 rings (SSSR count). The predicted molar refractivity (Wildman–Crippen MR) is 116 cm³/mol. The normalized spacial score (nSPS) is 11.1. The van der Waals surface area contributed by atoms with Crippen molar-refractivity contribution in [3.63, 3.8) is 0 Å². The van der Waals surface area contributed by atoms with E-state index in [1.165, 1.54) is 0 Å². The minimum atomic E-state index is -0.265. The number of ether oxygens (including phenoxy) is 1. The van der Waals surface area contributed by atoms with Crippen LogP contribution in [-0.2, 0) is 7.05 Å². The van der Waals surface area contributed by atoms with Crippen LogP contribution in [0.3, 0.4) is 0 Å². The van der Waals surface area contributed by atoms with Crippen molar-refractivity contribution in [2.75, 3.05) is 7.11 Å². The van der Waals surface area contributed by atoms with Crippen LogP contribution in [0.5, 0.6) is 5.75 Å². The van der Waals surface area contributed by atoms with Crippen LogP contribution in [-0.4, -0.2) is 32.1 Å². The second-order valence-corrected chi connectivity index (χ2v) is 7.05. The molecule has 5 aromatic rings. The molecule has 0 spiro atoms. The molecule has 0 amide bonds. The number of H-pyrrole nitrogens is 2. The molecule has 0 fully saturated rings. The van der Waals surface area contributed by atoms with E-state index < -0.39 is 0 Å². The topological polar surface area (TPSA) is 88.6 Å². The van der Waals surface area contributed by atoms with Crippen LogP contribution in [0.4, 0.5) is 0 Å². The second-order valence-electron chi connectivity index (χ2n) is 7.05. The van der Waals surface area contributed by atoms with Gasteiger partial charge in [-0.1, -0.05) is 30.3 Å². The first-order chi connectivity index (χ1) is 14.6. The second kappa shape index (κ2) is 7.04. The van der Waals surface area contributed by atoms with E-state index in [0.29, 0.717) is 11.3 Å². The van der Waals surface area contributed by atoms with Crippen LogP contribution in [0.25, 0.3) is 44.5 Å². The number of benzene rings is 2. The summed E-state index contributed by atoms with van der Waals surface area (Å²) < 4.78 is 7.07. The number of hydrogen-bond acceptors (Lipinski definition) is 4. The molecule has 0 aliphatic carbocycles. The summed E-state index contributed by atoms with van der Waals surface area (Å²) in [6.45, 7) is 0. The van der Waals surface area contributed by atoms with Crippen molar-refractivity contribution < 1.29 is 4.74 Å². The van der Waals surface area contributed by atoms with Crippen molar-refractivity contribution in [1.29, 1.82) is 0 Å². The molecule has 7 heteroatoms. The number of aromatic nitrogens is 5. The summed E-state index contributed by atoms with van der Waals surface area (Å²) >= 11 is 0. The van der Waals surface area contributed by atoms with Gasteiger partial charge < -0.3 is 9.72 Å². The van der Waals surface area contributed by atoms with E-state index in [1.807, 2.05) is 61.8 Å². The Morgan fingerprint density at radius 1 is 1.03 bits per heavy atom. The molecule has 0 saturated carbocycles.